The smallest absolute Gasteiger partial charge is 0.290 e. The molecule has 0 rings (SSSR count). The first kappa shape index (κ1) is 9.96. The van der Waals surface area contributed by atoms with Crippen molar-refractivity contribution in [3.8, 4) is 0 Å². The number of allylic oxidation sites excluding steroid dienone is 1. The summed E-state index contributed by atoms with van der Waals surface area (Å²) in [5.41, 5.74) is 0.104. The van der Waals surface area contributed by atoms with Crippen LogP contribution in [0.1, 0.15) is 6.92 Å². The first-order valence-electron chi connectivity index (χ1n) is 2.68. The quantitative estimate of drug-likeness (QED) is 0.259. The zero-order chi connectivity index (χ0) is 9.07. The average molecular weight is 168 g/mol. The molecule has 64 valence electrons. The summed E-state index contributed by atoms with van der Waals surface area (Å²) in [6.45, 7) is 1.11. The average Bonchev–Trinajstić information content (AvgIpc) is 1.86. The van der Waals surface area contributed by atoms with Crippen LogP contribution in [0.4, 0.5) is 13.2 Å². The monoisotopic (exact) mass is 168 g/mol. The van der Waals surface area contributed by atoms with Crippen LogP contribution in [0.5, 0.6) is 0 Å². The van der Waals surface area contributed by atoms with Crippen LogP contribution in [0.25, 0.3) is 0 Å². The van der Waals surface area contributed by atoms with Crippen molar-refractivity contribution < 1.29 is 18.0 Å². The highest BCUT2D eigenvalue weighted by Gasteiger charge is 2.37. The third kappa shape index (κ3) is 2.58. The number of hydrogen-bond donors (Lipinski definition) is 2. The number of nitrogens with one attached hydrogen (secondary N) is 1. The Bertz CT molecular complexity index is 185. The van der Waals surface area contributed by atoms with E-state index in [1.807, 2.05) is 0 Å². The fourth-order valence-corrected chi connectivity index (χ4v) is 0.501. The molecule has 0 saturated carbocycles. The predicted molar refractivity (Wildman–Crippen MR) is 32.1 cm³/mol. The van der Waals surface area contributed by atoms with E-state index in [-0.39, 0.29) is 0 Å². The van der Waals surface area contributed by atoms with Gasteiger partial charge in [0.1, 0.15) is 5.57 Å². The van der Waals surface area contributed by atoms with Gasteiger partial charge in [-0.3, -0.25) is 10.2 Å². The molecule has 0 aliphatic carbocycles. The molecular weight excluding hydrogens is 161 g/mol. The minimum absolute atomic E-state index is 0.655. The van der Waals surface area contributed by atoms with Crippen LogP contribution in [0.2, 0.25) is 0 Å². The molecule has 0 aromatic rings. The van der Waals surface area contributed by atoms with Crippen LogP contribution >= 0.6 is 0 Å². The molecule has 0 aliphatic rings. The Morgan fingerprint density at radius 1 is 1.55 bits per heavy atom. The highest BCUT2D eigenvalue weighted by Crippen LogP contribution is 2.24. The fourth-order valence-electron chi connectivity index (χ4n) is 0.501. The van der Waals surface area contributed by atoms with Crippen LogP contribution in [-0.2, 0) is 4.79 Å². The molecule has 0 fully saturated rings. The van der Waals surface area contributed by atoms with Crippen LogP contribution < -0.4 is 11.3 Å². The molecule has 0 atom stereocenters. The maximum absolute atomic E-state index is 11.8. The third-order valence-corrected chi connectivity index (χ3v) is 0.970. The molecule has 0 unspecified atom stereocenters. The van der Waals surface area contributed by atoms with Gasteiger partial charge < -0.3 is 0 Å². The van der Waals surface area contributed by atoms with Gasteiger partial charge >= 0.3 is 6.18 Å². The largest absolute Gasteiger partial charge is 0.421 e. The number of carbonyl (C=O) groups excluding carboxylic acids is 1. The lowest BCUT2D eigenvalue weighted by Gasteiger charge is -2.08. The zero-order valence-electron chi connectivity index (χ0n) is 5.70. The molecule has 3 nitrogen and oxygen atoms in total. The Kier molecular flexibility index (Phi) is 3.06. The van der Waals surface area contributed by atoms with Gasteiger partial charge in [-0.25, -0.2) is 5.84 Å². The van der Waals surface area contributed by atoms with E-state index in [0.717, 1.165) is 6.92 Å². The lowest BCUT2D eigenvalue weighted by atomic mass is 10.2. The minimum atomic E-state index is -4.64. The number of hydrazine groups is 1. The Balaban J connectivity index is 4.58. The molecule has 0 saturated heterocycles. The maximum atomic E-state index is 11.8. The molecule has 0 aliphatic heterocycles. The van der Waals surface area contributed by atoms with E-state index in [0.29, 0.717) is 6.08 Å². The Hall–Kier alpha value is -1.04. The standard InChI is InChI=1S/C5H7F3N2O/c1-2-3(4(11)10-9)5(6,7)8/h2H,9H2,1H3,(H,10,11). The van der Waals surface area contributed by atoms with E-state index in [2.05, 4.69) is 5.84 Å². The van der Waals surface area contributed by atoms with Crippen molar-refractivity contribution in [2.75, 3.05) is 0 Å². The summed E-state index contributed by atoms with van der Waals surface area (Å²) in [5.74, 6) is 3.17. The molecule has 3 N–H and O–H groups in total. The van der Waals surface area contributed by atoms with Gasteiger partial charge in [-0.15, -0.1) is 0 Å². The summed E-state index contributed by atoms with van der Waals surface area (Å²) in [7, 11) is 0. The molecule has 11 heavy (non-hydrogen) atoms. The number of halogens is 3. The van der Waals surface area contributed by atoms with Gasteiger partial charge in [0.2, 0.25) is 0 Å². The molecule has 0 spiro atoms. The Morgan fingerprint density at radius 3 is 2.09 bits per heavy atom. The lowest BCUT2D eigenvalue weighted by Crippen LogP contribution is -2.36. The molecule has 0 aromatic carbocycles. The van der Waals surface area contributed by atoms with Crippen LogP contribution in [0, 0.1) is 0 Å². The van der Waals surface area contributed by atoms with Crippen LogP contribution in [0.3, 0.4) is 0 Å². The molecule has 0 aromatic heterocycles. The van der Waals surface area contributed by atoms with Crippen molar-refractivity contribution in [3.05, 3.63) is 11.6 Å². The van der Waals surface area contributed by atoms with Crippen LogP contribution in [0.15, 0.2) is 11.6 Å². The fraction of sp³-hybridized carbons (Fsp3) is 0.400. The van der Waals surface area contributed by atoms with Gasteiger partial charge in [-0.05, 0) is 6.92 Å². The number of carbonyl (C=O) groups is 1. The van der Waals surface area contributed by atoms with E-state index >= 15 is 0 Å². The van der Waals surface area contributed by atoms with E-state index in [9.17, 15) is 18.0 Å². The van der Waals surface area contributed by atoms with Crippen molar-refractivity contribution >= 4 is 5.91 Å². The molecule has 6 heteroatoms. The van der Waals surface area contributed by atoms with Crippen molar-refractivity contribution in [2.24, 2.45) is 5.84 Å². The summed E-state index contributed by atoms with van der Waals surface area (Å²) >= 11 is 0. The molecule has 0 radical (unpaired) electrons. The topological polar surface area (TPSA) is 55.1 Å². The van der Waals surface area contributed by atoms with E-state index in [1.54, 1.807) is 0 Å². The number of rotatable bonds is 1. The summed E-state index contributed by atoms with van der Waals surface area (Å²) in [6, 6.07) is 0. The summed E-state index contributed by atoms with van der Waals surface area (Å²) < 4.78 is 35.3. The second-order valence-electron chi connectivity index (χ2n) is 1.67. The Morgan fingerprint density at radius 2 is 2.00 bits per heavy atom. The number of nitrogens with two attached hydrogens (primary N) is 1. The predicted octanol–water partition coefficient (Wildman–Crippen LogP) is 0.485. The number of alkyl halides is 3. The SMILES string of the molecule is CC=C(C(=O)NN)C(F)(F)F. The van der Waals surface area contributed by atoms with Crippen molar-refractivity contribution in [2.45, 2.75) is 13.1 Å². The summed E-state index contributed by atoms with van der Waals surface area (Å²) in [5, 5.41) is 0. The summed E-state index contributed by atoms with van der Waals surface area (Å²) in [6.07, 6.45) is -3.99. The maximum Gasteiger partial charge on any atom is 0.421 e. The highest BCUT2D eigenvalue weighted by atomic mass is 19.4. The van der Waals surface area contributed by atoms with Gasteiger partial charge in [-0.1, -0.05) is 6.08 Å². The van der Waals surface area contributed by atoms with E-state index in [4.69, 9.17) is 0 Å². The van der Waals surface area contributed by atoms with Crippen LogP contribution in [-0.4, -0.2) is 12.1 Å². The number of hydrogen-bond acceptors (Lipinski definition) is 2. The molecule has 0 heterocycles. The van der Waals surface area contributed by atoms with Gasteiger partial charge in [-0.2, -0.15) is 13.2 Å². The summed E-state index contributed by atoms with van der Waals surface area (Å²) in [4.78, 5) is 10.4. The normalized spacial score (nSPS) is 13.0. The molecule has 0 bridgehead atoms. The first-order chi connectivity index (χ1) is 4.93. The van der Waals surface area contributed by atoms with Gasteiger partial charge in [0.05, 0.1) is 0 Å². The van der Waals surface area contributed by atoms with Crippen molar-refractivity contribution in [3.63, 3.8) is 0 Å². The third-order valence-electron chi connectivity index (χ3n) is 0.970. The van der Waals surface area contributed by atoms with Crippen molar-refractivity contribution in [1.82, 2.24) is 5.43 Å². The Labute approximate surface area is 61.0 Å². The zero-order valence-corrected chi connectivity index (χ0v) is 5.70. The molecular formula is C5H7F3N2O. The van der Waals surface area contributed by atoms with Crippen molar-refractivity contribution in [1.29, 1.82) is 0 Å². The second-order valence-corrected chi connectivity index (χ2v) is 1.67. The van der Waals surface area contributed by atoms with E-state index in [1.165, 1.54) is 5.43 Å². The van der Waals surface area contributed by atoms with Gasteiger partial charge in [0, 0.05) is 0 Å². The minimum Gasteiger partial charge on any atom is -0.290 e. The lowest BCUT2D eigenvalue weighted by molar-refractivity contribution is -0.130. The highest BCUT2D eigenvalue weighted by molar-refractivity contribution is 5.94. The number of amides is 1. The second kappa shape index (κ2) is 3.38. The molecule has 1 amide bonds. The van der Waals surface area contributed by atoms with Gasteiger partial charge in [0.15, 0.2) is 0 Å². The van der Waals surface area contributed by atoms with E-state index < -0.39 is 17.7 Å². The van der Waals surface area contributed by atoms with Gasteiger partial charge in [0.25, 0.3) is 5.91 Å². The first-order valence-corrected chi connectivity index (χ1v) is 2.68.